The first kappa shape index (κ1) is 30.6. The summed E-state index contributed by atoms with van der Waals surface area (Å²) < 4.78 is 44.3. The molecule has 7 nitrogen and oxygen atoms in total. The second-order valence-electron chi connectivity index (χ2n) is 10.4. The Morgan fingerprint density at radius 3 is 2.71 bits per heavy atom. The largest absolute Gasteiger partial charge is 0.573 e. The number of rotatable bonds is 10. The molecule has 1 aliphatic rings. The SMILES string of the molecule is CC[C@@H]1CCCN(c2nc3ccc(Br)cc3c(C(=O)NC[C@@H](CCC(=O)O)c3ccccc3OC(F)(F)F)c2C)C1. The smallest absolute Gasteiger partial charge is 0.481 e. The molecule has 0 saturated carbocycles. The second-order valence-corrected chi connectivity index (χ2v) is 11.3. The Balaban J connectivity index is 1.68. The monoisotopic (exact) mass is 635 g/mol. The van der Waals surface area contributed by atoms with E-state index in [1.54, 1.807) is 6.07 Å². The van der Waals surface area contributed by atoms with Crippen LogP contribution in [0.15, 0.2) is 46.9 Å². The number of fused-ring (bicyclic) bond motifs is 1. The zero-order valence-electron chi connectivity index (χ0n) is 22.9. The van der Waals surface area contributed by atoms with Crippen molar-refractivity contribution in [1.82, 2.24) is 10.3 Å². The number of ether oxygens (including phenoxy) is 1. The summed E-state index contributed by atoms with van der Waals surface area (Å²) in [6, 6.07) is 11.1. The molecule has 2 N–H and O–H groups in total. The van der Waals surface area contributed by atoms with Gasteiger partial charge in [-0.15, -0.1) is 13.2 Å². The molecule has 1 aliphatic heterocycles. The molecule has 0 unspecified atom stereocenters. The normalized spacial score (nSPS) is 16.4. The predicted octanol–water partition coefficient (Wildman–Crippen LogP) is 7.21. The van der Waals surface area contributed by atoms with Gasteiger partial charge in [0.25, 0.3) is 5.91 Å². The van der Waals surface area contributed by atoms with Gasteiger partial charge in [-0.1, -0.05) is 47.5 Å². The third-order valence-corrected chi connectivity index (χ3v) is 8.08. The molecule has 1 fully saturated rings. The van der Waals surface area contributed by atoms with Gasteiger partial charge < -0.3 is 20.1 Å². The first-order valence-electron chi connectivity index (χ1n) is 13.7. The number of amides is 1. The van der Waals surface area contributed by atoms with Crippen LogP contribution in [0.2, 0.25) is 0 Å². The molecule has 1 amide bonds. The van der Waals surface area contributed by atoms with Crippen LogP contribution in [0.5, 0.6) is 5.75 Å². The third-order valence-electron chi connectivity index (χ3n) is 7.59. The van der Waals surface area contributed by atoms with Crippen molar-refractivity contribution in [3.63, 3.8) is 0 Å². The minimum absolute atomic E-state index is 0.00685. The lowest BCUT2D eigenvalue weighted by atomic mass is 9.92. The van der Waals surface area contributed by atoms with Gasteiger partial charge >= 0.3 is 12.3 Å². The van der Waals surface area contributed by atoms with E-state index in [9.17, 15) is 27.9 Å². The van der Waals surface area contributed by atoms with Crippen molar-refractivity contribution in [1.29, 1.82) is 0 Å². The van der Waals surface area contributed by atoms with E-state index < -0.39 is 29.9 Å². The number of benzene rings is 2. The van der Waals surface area contributed by atoms with Gasteiger partial charge in [0.1, 0.15) is 11.6 Å². The van der Waals surface area contributed by atoms with Gasteiger partial charge in [0.2, 0.25) is 0 Å². The van der Waals surface area contributed by atoms with Crippen LogP contribution in [0, 0.1) is 12.8 Å². The fraction of sp³-hybridized carbons (Fsp3) is 0.433. The maximum Gasteiger partial charge on any atom is 0.573 e. The number of piperidine rings is 1. The Morgan fingerprint density at radius 2 is 2.00 bits per heavy atom. The van der Waals surface area contributed by atoms with Crippen molar-refractivity contribution < 1.29 is 32.6 Å². The summed E-state index contributed by atoms with van der Waals surface area (Å²) in [7, 11) is 0. The number of nitrogens with one attached hydrogen (secondary N) is 1. The highest BCUT2D eigenvalue weighted by Gasteiger charge is 2.33. The molecular formula is C30H33BrF3N3O4. The maximum atomic E-state index is 13.8. The summed E-state index contributed by atoms with van der Waals surface area (Å²) in [4.78, 5) is 32.3. The Labute approximate surface area is 245 Å². The van der Waals surface area contributed by atoms with Gasteiger partial charge in [-0.25, -0.2) is 4.98 Å². The molecular weight excluding hydrogens is 603 g/mol. The molecule has 0 bridgehead atoms. The minimum atomic E-state index is -4.92. The lowest BCUT2D eigenvalue weighted by molar-refractivity contribution is -0.275. The number of para-hydroxylation sites is 1. The number of halogens is 4. The Kier molecular flexibility index (Phi) is 9.78. The zero-order chi connectivity index (χ0) is 29.7. The van der Waals surface area contributed by atoms with Crippen LogP contribution in [0.3, 0.4) is 0 Å². The van der Waals surface area contributed by atoms with E-state index in [0.717, 1.165) is 42.6 Å². The molecule has 11 heteroatoms. The molecule has 0 aliphatic carbocycles. The topological polar surface area (TPSA) is 91.8 Å². The van der Waals surface area contributed by atoms with Crippen LogP contribution in [0.4, 0.5) is 19.0 Å². The molecule has 220 valence electrons. The molecule has 2 atom stereocenters. The molecule has 2 heterocycles. The summed E-state index contributed by atoms with van der Waals surface area (Å²) in [5.74, 6) is -1.37. The Morgan fingerprint density at radius 1 is 1.24 bits per heavy atom. The van der Waals surface area contributed by atoms with Crippen LogP contribution in [-0.4, -0.2) is 48.0 Å². The highest BCUT2D eigenvalue weighted by Crippen LogP contribution is 2.35. The van der Waals surface area contributed by atoms with Crippen LogP contribution < -0.4 is 15.0 Å². The first-order valence-corrected chi connectivity index (χ1v) is 14.5. The quantitative estimate of drug-likeness (QED) is 0.245. The van der Waals surface area contributed by atoms with Gasteiger partial charge in [0.05, 0.1) is 11.1 Å². The standard InChI is InChI=1S/C30H33BrF3N3O4/c1-3-19-7-6-14-37(17-19)28-18(2)27(23-15-21(31)11-12-24(23)36-28)29(40)35-16-20(10-13-26(38)39)22-8-4-5-9-25(22)41-30(32,33)34/h4-5,8-9,11-12,15,19-20H,3,6-7,10,13-14,16-17H2,1-2H3,(H,35,40)(H,38,39)/t19-,20-/m1/s1. The average Bonchev–Trinajstić information content (AvgIpc) is 2.92. The van der Waals surface area contributed by atoms with Gasteiger partial charge in [-0.2, -0.15) is 0 Å². The van der Waals surface area contributed by atoms with E-state index in [1.165, 1.54) is 18.2 Å². The minimum Gasteiger partial charge on any atom is -0.481 e. The van der Waals surface area contributed by atoms with Gasteiger partial charge in [0, 0.05) is 47.4 Å². The van der Waals surface area contributed by atoms with Gasteiger partial charge in [-0.05, 0) is 61.9 Å². The Bertz CT molecular complexity index is 1420. The fourth-order valence-corrected chi connectivity index (χ4v) is 5.87. The molecule has 3 aromatic rings. The number of alkyl halides is 3. The predicted molar refractivity (Wildman–Crippen MR) is 154 cm³/mol. The van der Waals surface area contributed by atoms with Crippen molar-refractivity contribution in [2.24, 2.45) is 5.92 Å². The number of carbonyl (C=O) groups excluding carboxylic acids is 1. The number of pyridine rings is 1. The number of hydrogen-bond acceptors (Lipinski definition) is 5. The lowest BCUT2D eigenvalue weighted by Crippen LogP contribution is -2.37. The summed E-state index contributed by atoms with van der Waals surface area (Å²) in [6.45, 7) is 5.63. The third kappa shape index (κ3) is 7.69. The molecule has 41 heavy (non-hydrogen) atoms. The molecule has 0 radical (unpaired) electrons. The van der Waals surface area contributed by atoms with E-state index in [4.69, 9.17) is 4.98 Å². The van der Waals surface area contributed by atoms with Crippen molar-refractivity contribution in [2.45, 2.75) is 58.2 Å². The van der Waals surface area contributed by atoms with E-state index in [-0.39, 0.29) is 24.9 Å². The van der Waals surface area contributed by atoms with Crippen LogP contribution in [-0.2, 0) is 4.79 Å². The summed E-state index contributed by atoms with van der Waals surface area (Å²) >= 11 is 3.48. The average molecular weight is 637 g/mol. The number of carbonyl (C=O) groups is 2. The molecule has 4 rings (SSSR count). The Hall–Kier alpha value is -3.34. The molecule has 2 aromatic carbocycles. The van der Waals surface area contributed by atoms with Crippen molar-refractivity contribution in [2.75, 3.05) is 24.5 Å². The number of nitrogens with zero attached hydrogens (tertiary/aromatic N) is 2. The summed E-state index contributed by atoms with van der Waals surface area (Å²) in [5.41, 5.74) is 1.98. The summed E-state index contributed by atoms with van der Waals surface area (Å²) in [5, 5.41) is 12.8. The van der Waals surface area contributed by atoms with Crippen LogP contribution >= 0.6 is 15.9 Å². The van der Waals surface area contributed by atoms with Crippen LogP contribution in [0.25, 0.3) is 10.9 Å². The van der Waals surface area contributed by atoms with E-state index in [2.05, 4.69) is 37.8 Å². The van der Waals surface area contributed by atoms with Crippen LogP contribution in [0.1, 0.15) is 66.4 Å². The second kappa shape index (κ2) is 13.1. The maximum absolute atomic E-state index is 13.8. The summed E-state index contributed by atoms with van der Waals surface area (Å²) in [6.07, 6.45) is -1.96. The highest BCUT2D eigenvalue weighted by atomic mass is 79.9. The van der Waals surface area contributed by atoms with E-state index in [1.807, 2.05) is 25.1 Å². The fourth-order valence-electron chi connectivity index (χ4n) is 5.51. The number of carboxylic acid groups (broad SMARTS) is 1. The number of aromatic nitrogens is 1. The lowest BCUT2D eigenvalue weighted by Gasteiger charge is -2.34. The molecule has 1 aromatic heterocycles. The number of anilines is 1. The van der Waals surface area contributed by atoms with E-state index >= 15 is 0 Å². The van der Waals surface area contributed by atoms with Crippen molar-refractivity contribution in [3.8, 4) is 5.75 Å². The van der Waals surface area contributed by atoms with E-state index in [0.29, 0.717) is 27.9 Å². The van der Waals surface area contributed by atoms with Gasteiger partial charge in [0.15, 0.2) is 0 Å². The zero-order valence-corrected chi connectivity index (χ0v) is 24.5. The highest BCUT2D eigenvalue weighted by molar-refractivity contribution is 9.10. The number of carboxylic acids is 1. The number of aliphatic carboxylic acids is 1. The molecule has 1 saturated heterocycles. The van der Waals surface area contributed by atoms with Crippen molar-refractivity contribution >= 4 is 44.5 Å². The van der Waals surface area contributed by atoms with Gasteiger partial charge in [-0.3, -0.25) is 9.59 Å². The number of hydrogen-bond donors (Lipinski definition) is 2. The molecule has 0 spiro atoms. The van der Waals surface area contributed by atoms with Crippen molar-refractivity contribution in [3.05, 3.63) is 63.6 Å². The first-order chi connectivity index (χ1) is 19.5.